The number of hydrogen-bond acceptors (Lipinski definition) is 4. The van der Waals surface area contributed by atoms with Crippen LogP contribution in [-0.2, 0) is 9.53 Å². The Balaban J connectivity index is 2.72. The topological polar surface area (TPSA) is 29.5 Å². The van der Waals surface area contributed by atoms with Gasteiger partial charge in [-0.2, -0.15) is 13.2 Å². The zero-order chi connectivity index (χ0) is 12.3. The van der Waals surface area contributed by atoms with Crippen LogP contribution in [0.2, 0.25) is 0 Å². The van der Waals surface area contributed by atoms with E-state index in [1.807, 2.05) is 0 Å². The second-order valence-corrected chi connectivity index (χ2v) is 3.96. The molecule has 0 aromatic rings. The number of hydrogen-bond donors (Lipinski definition) is 0. The van der Waals surface area contributed by atoms with Crippen molar-refractivity contribution >= 4 is 17.5 Å². The van der Waals surface area contributed by atoms with Crippen molar-refractivity contribution in [2.75, 3.05) is 13.7 Å². The van der Waals surface area contributed by atoms with Gasteiger partial charge < -0.3 is 9.64 Å². The van der Waals surface area contributed by atoms with E-state index in [1.165, 1.54) is 11.1 Å². The first-order valence-corrected chi connectivity index (χ1v) is 5.24. The third-order valence-corrected chi connectivity index (χ3v) is 2.71. The molecular formula is C9H10F3NO2S. The van der Waals surface area contributed by atoms with Crippen LogP contribution in [0.25, 0.3) is 0 Å². The van der Waals surface area contributed by atoms with Crippen LogP contribution in [-0.4, -0.2) is 30.5 Å². The van der Waals surface area contributed by atoms with E-state index in [1.54, 1.807) is 14.0 Å². The molecular weight excluding hydrogens is 243 g/mol. The average molecular weight is 253 g/mol. The van der Waals surface area contributed by atoms with E-state index in [4.69, 9.17) is 4.74 Å². The van der Waals surface area contributed by atoms with E-state index < -0.39 is 12.0 Å². The van der Waals surface area contributed by atoms with Crippen molar-refractivity contribution in [1.82, 2.24) is 4.90 Å². The molecule has 0 bridgehead atoms. The second-order valence-electron chi connectivity index (χ2n) is 2.94. The van der Waals surface area contributed by atoms with Crippen molar-refractivity contribution in [2.24, 2.45) is 0 Å². The van der Waals surface area contributed by atoms with Crippen LogP contribution in [0, 0.1) is 0 Å². The van der Waals surface area contributed by atoms with Gasteiger partial charge in [-0.15, -0.1) is 0 Å². The van der Waals surface area contributed by atoms with Crippen LogP contribution < -0.4 is 0 Å². The maximum Gasteiger partial charge on any atom is 0.454 e. The lowest BCUT2D eigenvalue weighted by Crippen LogP contribution is -2.21. The van der Waals surface area contributed by atoms with Crippen LogP contribution in [0.15, 0.2) is 22.4 Å². The molecule has 0 aromatic carbocycles. The van der Waals surface area contributed by atoms with Crippen LogP contribution in [0.1, 0.15) is 6.92 Å². The molecule has 90 valence electrons. The number of alkyl halides is 3. The van der Waals surface area contributed by atoms with Gasteiger partial charge in [-0.05, 0) is 18.7 Å². The average Bonchev–Trinajstić information content (AvgIpc) is 2.46. The summed E-state index contributed by atoms with van der Waals surface area (Å²) in [6.07, 6.45) is -2.74. The number of rotatable bonds is 3. The Morgan fingerprint density at radius 1 is 1.62 bits per heavy atom. The summed E-state index contributed by atoms with van der Waals surface area (Å²) in [5.41, 5.74) is 0. The third kappa shape index (κ3) is 3.19. The van der Waals surface area contributed by atoms with Gasteiger partial charge in [0.15, 0.2) is 5.09 Å². The van der Waals surface area contributed by atoms with Gasteiger partial charge in [-0.25, -0.2) is 0 Å². The van der Waals surface area contributed by atoms with E-state index in [2.05, 4.69) is 0 Å². The molecule has 1 heterocycles. The molecule has 0 amide bonds. The molecule has 0 atom stereocenters. The quantitative estimate of drug-likeness (QED) is 0.723. The number of thioether (sulfide) groups is 1. The summed E-state index contributed by atoms with van der Waals surface area (Å²) in [5, 5.41) is 0.678. The first-order valence-electron chi connectivity index (χ1n) is 4.42. The fourth-order valence-electron chi connectivity index (χ4n) is 0.957. The van der Waals surface area contributed by atoms with Gasteiger partial charge >= 0.3 is 6.18 Å². The van der Waals surface area contributed by atoms with Gasteiger partial charge in [0, 0.05) is 13.1 Å². The Morgan fingerprint density at radius 2 is 2.25 bits per heavy atom. The Morgan fingerprint density at radius 3 is 2.75 bits per heavy atom. The van der Waals surface area contributed by atoms with Crippen molar-refractivity contribution in [3.8, 4) is 0 Å². The molecule has 0 unspecified atom stereocenters. The normalized spacial score (nSPS) is 18.9. The minimum Gasteiger partial charge on any atom is -0.486 e. The van der Waals surface area contributed by atoms with Crippen molar-refractivity contribution in [2.45, 2.75) is 13.1 Å². The number of ether oxygens (including phenoxy) is 1. The van der Waals surface area contributed by atoms with Gasteiger partial charge in [0.2, 0.25) is 0 Å². The smallest absolute Gasteiger partial charge is 0.454 e. The molecule has 0 aliphatic carbocycles. The molecule has 0 saturated carbocycles. The fraction of sp³-hybridized carbons (Fsp3) is 0.444. The molecule has 0 saturated heterocycles. The van der Waals surface area contributed by atoms with Crippen LogP contribution in [0.4, 0.5) is 13.2 Å². The van der Waals surface area contributed by atoms with E-state index >= 15 is 0 Å². The third-order valence-electron chi connectivity index (χ3n) is 1.67. The van der Waals surface area contributed by atoms with Gasteiger partial charge in [0.05, 0.1) is 17.8 Å². The zero-order valence-electron chi connectivity index (χ0n) is 8.67. The molecule has 0 spiro atoms. The van der Waals surface area contributed by atoms with E-state index in [0.29, 0.717) is 17.8 Å². The zero-order valence-corrected chi connectivity index (χ0v) is 9.48. The second kappa shape index (κ2) is 4.82. The highest BCUT2D eigenvalue weighted by atomic mass is 32.2. The molecule has 3 nitrogen and oxygen atoms in total. The fourth-order valence-corrected chi connectivity index (χ4v) is 1.91. The van der Waals surface area contributed by atoms with E-state index in [-0.39, 0.29) is 5.03 Å². The molecule has 0 aromatic heterocycles. The summed E-state index contributed by atoms with van der Waals surface area (Å²) in [6, 6.07) is 0. The number of halogens is 3. The predicted molar refractivity (Wildman–Crippen MR) is 54.2 cm³/mol. The SMILES string of the molecule is CCOC1=CN(C)/C(=C/C(=O)C(F)(F)F)S1. The Bertz CT molecular complexity index is 349. The summed E-state index contributed by atoms with van der Waals surface area (Å²) in [7, 11) is 1.55. The Hall–Kier alpha value is -1.11. The summed E-state index contributed by atoms with van der Waals surface area (Å²) in [4.78, 5) is 12.1. The molecule has 1 aliphatic heterocycles. The molecule has 7 heteroatoms. The van der Waals surface area contributed by atoms with Crippen LogP contribution >= 0.6 is 11.8 Å². The molecule has 0 fully saturated rings. The lowest BCUT2D eigenvalue weighted by atomic mass is 10.4. The molecule has 0 N–H and O–H groups in total. The summed E-state index contributed by atoms with van der Waals surface area (Å²) in [5.74, 6) is -1.87. The Labute approximate surface area is 94.9 Å². The van der Waals surface area contributed by atoms with Gasteiger partial charge in [0.25, 0.3) is 5.78 Å². The van der Waals surface area contributed by atoms with Gasteiger partial charge in [-0.3, -0.25) is 4.79 Å². The minimum atomic E-state index is -4.83. The van der Waals surface area contributed by atoms with Crippen molar-refractivity contribution < 1.29 is 22.7 Å². The highest BCUT2D eigenvalue weighted by molar-refractivity contribution is 8.06. The maximum absolute atomic E-state index is 12.0. The van der Waals surface area contributed by atoms with Gasteiger partial charge in [-0.1, -0.05) is 0 Å². The van der Waals surface area contributed by atoms with Gasteiger partial charge in [0.1, 0.15) is 0 Å². The van der Waals surface area contributed by atoms with Crippen molar-refractivity contribution in [1.29, 1.82) is 0 Å². The number of ketones is 1. The summed E-state index contributed by atoms with van der Waals surface area (Å²) < 4.78 is 41.1. The number of carbonyl (C=O) groups is 1. The molecule has 1 rings (SSSR count). The monoisotopic (exact) mass is 253 g/mol. The summed E-state index contributed by atoms with van der Waals surface area (Å²) in [6.45, 7) is 2.19. The van der Waals surface area contributed by atoms with Crippen LogP contribution in [0.3, 0.4) is 0 Å². The number of carbonyl (C=O) groups excluding carboxylic acids is 1. The first kappa shape index (κ1) is 13.0. The minimum absolute atomic E-state index is 0.200. The number of allylic oxidation sites excluding steroid dienone is 1. The lowest BCUT2D eigenvalue weighted by molar-refractivity contribution is -0.165. The van der Waals surface area contributed by atoms with Crippen molar-refractivity contribution in [3.05, 3.63) is 22.4 Å². The highest BCUT2D eigenvalue weighted by Gasteiger charge is 2.37. The summed E-state index contributed by atoms with van der Waals surface area (Å²) >= 11 is 0.993. The molecule has 16 heavy (non-hydrogen) atoms. The maximum atomic E-state index is 12.0. The van der Waals surface area contributed by atoms with Crippen LogP contribution in [0.5, 0.6) is 0 Å². The van der Waals surface area contributed by atoms with E-state index in [0.717, 1.165) is 11.8 Å². The predicted octanol–water partition coefficient (Wildman–Crippen LogP) is 2.47. The lowest BCUT2D eigenvalue weighted by Gasteiger charge is -2.09. The van der Waals surface area contributed by atoms with Crippen molar-refractivity contribution in [3.63, 3.8) is 0 Å². The molecule has 1 aliphatic rings. The van der Waals surface area contributed by atoms with E-state index in [9.17, 15) is 18.0 Å². The largest absolute Gasteiger partial charge is 0.486 e. The first-order chi connectivity index (χ1) is 7.34. The highest BCUT2D eigenvalue weighted by Crippen LogP contribution is 2.36. The Kier molecular flexibility index (Phi) is 3.90. The molecule has 0 radical (unpaired) electrons. The number of nitrogens with zero attached hydrogens (tertiary/aromatic N) is 1. The standard InChI is InChI=1S/C9H10F3NO2S/c1-3-15-8-5-13(2)7(16-8)4-6(14)9(10,11)12/h4-5H,3H2,1-2H3/b7-4-.